The fourth-order valence-corrected chi connectivity index (χ4v) is 1.43. The highest BCUT2D eigenvalue weighted by Gasteiger charge is 2.26. The van der Waals surface area contributed by atoms with Crippen molar-refractivity contribution in [1.29, 1.82) is 5.26 Å². The Balaban J connectivity index is 2.91. The molecule has 0 fully saturated rings. The first-order chi connectivity index (χ1) is 7.51. The first-order valence-electron chi connectivity index (χ1n) is 5.50. The van der Waals surface area contributed by atoms with Crippen molar-refractivity contribution in [2.75, 3.05) is 11.9 Å². The normalized spacial score (nSPS) is 14.2. The van der Waals surface area contributed by atoms with Crippen molar-refractivity contribution in [3.63, 3.8) is 0 Å². The van der Waals surface area contributed by atoms with Crippen LogP contribution >= 0.6 is 0 Å². The molecule has 0 aliphatic carbocycles. The molecular formula is C13H19N3. The molecule has 0 aliphatic rings. The van der Waals surface area contributed by atoms with Crippen LogP contribution < -0.4 is 11.1 Å². The number of nitrogens with two attached hydrogens (primary N) is 1. The van der Waals surface area contributed by atoms with Crippen molar-refractivity contribution >= 4 is 5.69 Å². The second kappa shape index (κ2) is 5.00. The third-order valence-corrected chi connectivity index (χ3v) is 3.12. The first-order valence-corrected chi connectivity index (χ1v) is 5.50. The fourth-order valence-electron chi connectivity index (χ4n) is 1.43. The number of hydrogen-bond donors (Lipinski definition) is 2. The Morgan fingerprint density at radius 1 is 1.50 bits per heavy atom. The van der Waals surface area contributed by atoms with Crippen LogP contribution in [0, 0.1) is 17.2 Å². The molecule has 0 amide bonds. The van der Waals surface area contributed by atoms with Crippen molar-refractivity contribution in [3.8, 4) is 6.07 Å². The van der Waals surface area contributed by atoms with Gasteiger partial charge in [0, 0.05) is 17.8 Å². The molecule has 0 radical (unpaired) electrons. The van der Waals surface area contributed by atoms with Gasteiger partial charge in [-0.25, -0.2) is 0 Å². The number of nitrogens with zero attached hydrogens (tertiary/aromatic N) is 1. The van der Waals surface area contributed by atoms with Gasteiger partial charge in [-0.2, -0.15) is 5.26 Å². The Morgan fingerprint density at radius 3 is 2.69 bits per heavy atom. The van der Waals surface area contributed by atoms with Crippen LogP contribution in [0.25, 0.3) is 0 Å². The molecule has 0 aromatic heterocycles. The second-order valence-electron chi connectivity index (χ2n) is 4.59. The monoisotopic (exact) mass is 217 g/mol. The van der Waals surface area contributed by atoms with Gasteiger partial charge in [-0.05, 0) is 31.0 Å². The van der Waals surface area contributed by atoms with Crippen LogP contribution in [-0.2, 0) is 0 Å². The number of anilines is 1. The van der Waals surface area contributed by atoms with Crippen LogP contribution in [0.4, 0.5) is 5.69 Å². The summed E-state index contributed by atoms with van der Waals surface area (Å²) in [5.74, 6) is 0.420. The lowest BCUT2D eigenvalue weighted by Gasteiger charge is -2.34. The van der Waals surface area contributed by atoms with Crippen LogP contribution in [0.5, 0.6) is 0 Å². The predicted octanol–water partition coefficient (Wildman–Crippen LogP) is 2.34. The molecule has 1 rings (SSSR count). The van der Waals surface area contributed by atoms with Crippen LogP contribution in [0.3, 0.4) is 0 Å². The van der Waals surface area contributed by atoms with E-state index < -0.39 is 0 Å². The summed E-state index contributed by atoms with van der Waals surface area (Å²) in [6, 6.07) is 9.59. The number of nitrogens with one attached hydrogen (secondary N) is 1. The lowest BCUT2D eigenvalue weighted by atomic mass is 9.88. The van der Waals surface area contributed by atoms with Crippen molar-refractivity contribution in [2.45, 2.75) is 26.3 Å². The predicted molar refractivity (Wildman–Crippen MR) is 67.1 cm³/mol. The Hall–Kier alpha value is -1.53. The summed E-state index contributed by atoms with van der Waals surface area (Å²) in [5, 5.41) is 12.2. The number of benzene rings is 1. The van der Waals surface area contributed by atoms with Crippen molar-refractivity contribution < 1.29 is 0 Å². The molecule has 16 heavy (non-hydrogen) atoms. The third kappa shape index (κ3) is 2.74. The summed E-state index contributed by atoms with van der Waals surface area (Å²) in [7, 11) is 0. The molecule has 3 nitrogen and oxygen atoms in total. The highest BCUT2D eigenvalue weighted by Crippen LogP contribution is 2.22. The highest BCUT2D eigenvalue weighted by atomic mass is 15.0. The number of hydrogen-bond acceptors (Lipinski definition) is 3. The maximum Gasteiger partial charge on any atom is 0.0992 e. The smallest absolute Gasteiger partial charge is 0.0992 e. The van der Waals surface area contributed by atoms with Crippen molar-refractivity contribution in [1.82, 2.24) is 0 Å². The van der Waals surface area contributed by atoms with Gasteiger partial charge < -0.3 is 11.1 Å². The largest absolute Gasteiger partial charge is 0.378 e. The zero-order valence-electron chi connectivity index (χ0n) is 10.1. The zero-order valence-corrected chi connectivity index (χ0v) is 10.1. The number of nitriles is 1. The van der Waals surface area contributed by atoms with E-state index in [0.717, 1.165) is 5.69 Å². The minimum absolute atomic E-state index is 0.145. The maximum atomic E-state index is 8.82. The minimum Gasteiger partial charge on any atom is -0.378 e. The minimum atomic E-state index is -0.145. The van der Waals surface area contributed by atoms with E-state index in [0.29, 0.717) is 18.0 Å². The quantitative estimate of drug-likeness (QED) is 0.813. The van der Waals surface area contributed by atoms with Gasteiger partial charge in [0.25, 0.3) is 0 Å². The van der Waals surface area contributed by atoms with E-state index >= 15 is 0 Å². The standard InChI is InChI=1S/C13H19N3/c1-10(2)13(3,9-15)16-12-6-4-5-11(7-12)8-14/h4-7,10,16H,9,15H2,1-3H3. The SMILES string of the molecule is CC(C)C(C)(CN)Nc1cccc(C#N)c1. The lowest BCUT2D eigenvalue weighted by Crippen LogP contribution is -2.47. The Kier molecular flexibility index (Phi) is 3.92. The third-order valence-electron chi connectivity index (χ3n) is 3.12. The number of rotatable bonds is 4. The molecule has 0 aliphatic heterocycles. The topological polar surface area (TPSA) is 61.8 Å². The van der Waals surface area contributed by atoms with Gasteiger partial charge in [0.1, 0.15) is 0 Å². The van der Waals surface area contributed by atoms with E-state index in [1.165, 1.54) is 0 Å². The fraction of sp³-hybridized carbons (Fsp3) is 0.462. The summed E-state index contributed by atoms with van der Waals surface area (Å²) in [6.45, 7) is 6.92. The van der Waals surface area contributed by atoms with Crippen LogP contribution in [0.1, 0.15) is 26.3 Å². The summed E-state index contributed by atoms with van der Waals surface area (Å²) in [5.41, 5.74) is 7.26. The molecule has 0 spiro atoms. The molecule has 1 atom stereocenters. The second-order valence-corrected chi connectivity index (χ2v) is 4.59. The zero-order chi connectivity index (χ0) is 12.2. The van der Waals surface area contributed by atoms with E-state index in [2.05, 4.69) is 32.2 Å². The van der Waals surface area contributed by atoms with E-state index in [4.69, 9.17) is 11.0 Å². The van der Waals surface area contributed by atoms with Crippen molar-refractivity contribution in [3.05, 3.63) is 29.8 Å². The van der Waals surface area contributed by atoms with E-state index in [9.17, 15) is 0 Å². The van der Waals surface area contributed by atoms with Gasteiger partial charge in [0.2, 0.25) is 0 Å². The summed E-state index contributed by atoms with van der Waals surface area (Å²) in [4.78, 5) is 0. The van der Waals surface area contributed by atoms with Gasteiger partial charge in [-0.3, -0.25) is 0 Å². The highest BCUT2D eigenvalue weighted by molar-refractivity contribution is 5.50. The molecule has 3 N–H and O–H groups in total. The average Bonchev–Trinajstić information content (AvgIpc) is 2.29. The van der Waals surface area contributed by atoms with E-state index in [1.54, 1.807) is 6.07 Å². The molecule has 0 bridgehead atoms. The molecule has 0 saturated heterocycles. The van der Waals surface area contributed by atoms with Crippen molar-refractivity contribution in [2.24, 2.45) is 11.7 Å². The summed E-state index contributed by atoms with van der Waals surface area (Å²) < 4.78 is 0. The van der Waals surface area contributed by atoms with E-state index in [1.807, 2.05) is 18.2 Å². The maximum absolute atomic E-state index is 8.82. The van der Waals surface area contributed by atoms with Gasteiger partial charge in [-0.1, -0.05) is 19.9 Å². The van der Waals surface area contributed by atoms with Crippen LogP contribution in [-0.4, -0.2) is 12.1 Å². The summed E-state index contributed by atoms with van der Waals surface area (Å²) in [6.07, 6.45) is 0. The first kappa shape index (κ1) is 12.5. The molecule has 1 unspecified atom stereocenters. The Morgan fingerprint density at radius 2 is 2.19 bits per heavy atom. The molecule has 86 valence electrons. The molecule has 3 heteroatoms. The van der Waals surface area contributed by atoms with Crippen LogP contribution in [0.2, 0.25) is 0 Å². The lowest BCUT2D eigenvalue weighted by molar-refractivity contribution is 0.382. The van der Waals surface area contributed by atoms with Gasteiger partial charge in [0.15, 0.2) is 0 Å². The molecular weight excluding hydrogens is 198 g/mol. The Labute approximate surface area is 97.3 Å². The molecule has 1 aromatic carbocycles. The van der Waals surface area contributed by atoms with Gasteiger partial charge >= 0.3 is 0 Å². The van der Waals surface area contributed by atoms with Gasteiger partial charge in [-0.15, -0.1) is 0 Å². The average molecular weight is 217 g/mol. The summed E-state index contributed by atoms with van der Waals surface area (Å²) >= 11 is 0. The van der Waals surface area contributed by atoms with Crippen LogP contribution in [0.15, 0.2) is 24.3 Å². The van der Waals surface area contributed by atoms with Gasteiger partial charge in [0.05, 0.1) is 11.6 Å². The van der Waals surface area contributed by atoms with E-state index in [-0.39, 0.29) is 5.54 Å². The molecule has 0 heterocycles. The molecule has 1 aromatic rings. The molecule has 0 saturated carbocycles. The Bertz CT molecular complexity index is 392.